The van der Waals surface area contributed by atoms with E-state index in [0.29, 0.717) is 24.0 Å². The molecule has 0 aromatic heterocycles. The molecule has 2 N–H and O–H groups in total. The maximum Gasteiger partial charge on any atom is 0.138 e. The first-order chi connectivity index (χ1) is 9.02. The number of benzene rings is 1. The standard InChI is InChI=1S/C15H24ClNO2/c1-4-13(17)9-12-5-6-15(14(16)10-12)19-8-7-18-11(2)3/h5-6,10-11,13H,4,7-9,17H2,1-3H3. The minimum Gasteiger partial charge on any atom is -0.490 e. The lowest BCUT2D eigenvalue weighted by Gasteiger charge is -2.12. The molecule has 0 fully saturated rings. The van der Waals surface area contributed by atoms with E-state index in [1.54, 1.807) is 0 Å². The molecule has 0 aliphatic heterocycles. The Hall–Kier alpha value is -0.770. The summed E-state index contributed by atoms with van der Waals surface area (Å²) in [6.07, 6.45) is 2.02. The van der Waals surface area contributed by atoms with Gasteiger partial charge in [0.25, 0.3) is 0 Å². The molecule has 1 aromatic carbocycles. The average molecular weight is 286 g/mol. The van der Waals surface area contributed by atoms with Gasteiger partial charge in [-0.2, -0.15) is 0 Å². The lowest BCUT2D eigenvalue weighted by Crippen LogP contribution is -2.21. The fourth-order valence-corrected chi connectivity index (χ4v) is 1.93. The molecule has 0 aliphatic carbocycles. The molecule has 0 saturated carbocycles. The summed E-state index contributed by atoms with van der Waals surface area (Å²) >= 11 is 6.19. The second kappa shape index (κ2) is 8.41. The van der Waals surface area contributed by atoms with Crippen molar-refractivity contribution in [2.45, 2.75) is 45.8 Å². The summed E-state index contributed by atoms with van der Waals surface area (Å²) in [5, 5.41) is 0.630. The molecule has 3 nitrogen and oxygen atoms in total. The molecule has 108 valence electrons. The SMILES string of the molecule is CCC(N)Cc1ccc(OCCOC(C)C)c(Cl)c1. The molecular weight excluding hydrogens is 262 g/mol. The lowest BCUT2D eigenvalue weighted by molar-refractivity contribution is 0.0553. The molecule has 1 rings (SSSR count). The van der Waals surface area contributed by atoms with E-state index in [-0.39, 0.29) is 12.1 Å². The Balaban J connectivity index is 2.48. The molecule has 4 heteroatoms. The predicted octanol–water partition coefficient (Wildman–Crippen LogP) is 3.42. The molecular formula is C15H24ClNO2. The number of halogens is 1. The first kappa shape index (κ1) is 16.3. The summed E-state index contributed by atoms with van der Waals surface area (Å²) < 4.78 is 11.0. The van der Waals surface area contributed by atoms with E-state index < -0.39 is 0 Å². The van der Waals surface area contributed by atoms with Crippen molar-refractivity contribution in [1.29, 1.82) is 0 Å². The molecule has 1 atom stereocenters. The van der Waals surface area contributed by atoms with Gasteiger partial charge in [-0.1, -0.05) is 24.6 Å². The largest absolute Gasteiger partial charge is 0.490 e. The Morgan fingerprint density at radius 1 is 1.26 bits per heavy atom. The van der Waals surface area contributed by atoms with Crippen molar-refractivity contribution in [2.24, 2.45) is 5.73 Å². The van der Waals surface area contributed by atoms with Gasteiger partial charge >= 0.3 is 0 Å². The topological polar surface area (TPSA) is 44.5 Å². The molecule has 0 heterocycles. The minimum absolute atomic E-state index is 0.183. The predicted molar refractivity (Wildman–Crippen MR) is 80.0 cm³/mol. The van der Waals surface area contributed by atoms with Crippen molar-refractivity contribution in [3.8, 4) is 5.75 Å². The quantitative estimate of drug-likeness (QED) is 0.744. The third-order valence-electron chi connectivity index (χ3n) is 2.81. The fraction of sp³-hybridized carbons (Fsp3) is 0.600. The van der Waals surface area contributed by atoms with Gasteiger partial charge < -0.3 is 15.2 Å². The maximum absolute atomic E-state index is 6.19. The van der Waals surface area contributed by atoms with E-state index in [0.717, 1.165) is 18.4 Å². The molecule has 0 bridgehead atoms. The Bertz CT molecular complexity index is 382. The lowest BCUT2D eigenvalue weighted by atomic mass is 10.0. The van der Waals surface area contributed by atoms with Crippen LogP contribution in [0.5, 0.6) is 5.75 Å². The molecule has 0 aliphatic rings. The molecule has 0 spiro atoms. The highest BCUT2D eigenvalue weighted by atomic mass is 35.5. The molecule has 19 heavy (non-hydrogen) atoms. The highest BCUT2D eigenvalue weighted by Gasteiger charge is 2.06. The summed E-state index contributed by atoms with van der Waals surface area (Å²) in [4.78, 5) is 0. The van der Waals surface area contributed by atoms with Crippen LogP contribution in [0.4, 0.5) is 0 Å². The van der Waals surface area contributed by atoms with Crippen molar-refractivity contribution < 1.29 is 9.47 Å². The fourth-order valence-electron chi connectivity index (χ4n) is 1.67. The summed E-state index contributed by atoms with van der Waals surface area (Å²) in [6.45, 7) is 7.15. The number of nitrogens with two attached hydrogens (primary N) is 1. The minimum atomic E-state index is 0.183. The van der Waals surface area contributed by atoms with Crippen LogP contribution in [0.15, 0.2) is 18.2 Å². The van der Waals surface area contributed by atoms with Crippen LogP contribution in [0.25, 0.3) is 0 Å². The zero-order chi connectivity index (χ0) is 14.3. The van der Waals surface area contributed by atoms with Crippen LogP contribution >= 0.6 is 11.6 Å². The Morgan fingerprint density at radius 2 is 2.00 bits per heavy atom. The Labute approximate surface area is 121 Å². The summed E-state index contributed by atoms with van der Waals surface area (Å²) in [6, 6.07) is 6.02. The van der Waals surface area contributed by atoms with Crippen LogP contribution in [0.3, 0.4) is 0 Å². The highest BCUT2D eigenvalue weighted by molar-refractivity contribution is 6.32. The number of hydrogen-bond donors (Lipinski definition) is 1. The van der Waals surface area contributed by atoms with Crippen LogP contribution in [-0.2, 0) is 11.2 Å². The molecule has 0 amide bonds. The molecule has 0 radical (unpaired) electrons. The van der Waals surface area contributed by atoms with E-state index in [1.807, 2.05) is 32.0 Å². The van der Waals surface area contributed by atoms with E-state index in [9.17, 15) is 0 Å². The van der Waals surface area contributed by atoms with Crippen LogP contribution < -0.4 is 10.5 Å². The third kappa shape index (κ3) is 6.28. The summed E-state index contributed by atoms with van der Waals surface area (Å²) in [5.41, 5.74) is 7.07. The number of rotatable bonds is 8. The maximum atomic E-state index is 6.19. The van der Waals surface area contributed by atoms with Gasteiger partial charge in [0.05, 0.1) is 17.7 Å². The van der Waals surface area contributed by atoms with Crippen molar-refractivity contribution in [3.05, 3.63) is 28.8 Å². The second-order valence-corrected chi connectivity index (χ2v) is 5.31. The van der Waals surface area contributed by atoms with Crippen LogP contribution in [0.1, 0.15) is 32.8 Å². The van der Waals surface area contributed by atoms with Crippen LogP contribution in [-0.4, -0.2) is 25.4 Å². The van der Waals surface area contributed by atoms with Gasteiger partial charge in [-0.15, -0.1) is 0 Å². The van der Waals surface area contributed by atoms with Crippen molar-refractivity contribution >= 4 is 11.6 Å². The normalized spacial score (nSPS) is 12.7. The van der Waals surface area contributed by atoms with Gasteiger partial charge in [-0.25, -0.2) is 0 Å². The van der Waals surface area contributed by atoms with Gasteiger partial charge in [0.15, 0.2) is 0 Å². The Morgan fingerprint density at radius 3 is 2.58 bits per heavy atom. The van der Waals surface area contributed by atoms with Gasteiger partial charge in [0.1, 0.15) is 12.4 Å². The van der Waals surface area contributed by atoms with Crippen LogP contribution in [0.2, 0.25) is 5.02 Å². The average Bonchev–Trinajstić information content (AvgIpc) is 2.36. The van der Waals surface area contributed by atoms with E-state index >= 15 is 0 Å². The molecule has 1 unspecified atom stereocenters. The van der Waals surface area contributed by atoms with E-state index in [1.165, 1.54) is 0 Å². The van der Waals surface area contributed by atoms with Crippen molar-refractivity contribution in [2.75, 3.05) is 13.2 Å². The first-order valence-corrected chi connectivity index (χ1v) is 7.19. The van der Waals surface area contributed by atoms with Gasteiger partial charge in [-0.05, 0) is 44.4 Å². The van der Waals surface area contributed by atoms with E-state index in [4.69, 9.17) is 26.8 Å². The number of ether oxygens (including phenoxy) is 2. The number of hydrogen-bond acceptors (Lipinski definition) is 3. The zero-order valence-electron chi connectivity index (χ0n) is 12.0. The zero-order valence-corrected chi connectivity index (χ0v) is 12.7. The van der Waals surface area contributed by atoms with Gasteiger partial charge in [0, 0.05) is 6.04 Å². The monoisotopic (exact) mass is 285 g/mol. The van der Waals surface area contributed by atoms with Crippen molar-refractivity contribution in [1.82, 2.24) is 0 Å². The third-order valence-corrected chi connectivity index (χ3v) is 3.11. The van der Waals surface area contributed by atoms with Crippen LogP contribution in [0, 0.1) is 0 Å². The molecule has 0 saturated heterocycles. The van der Waals surface area contributed by atoms with Gasteiger partial charge in [0.2, 0.25) is 0 Å². The summed E-state index contributed by atoms with van der Waals surface area (Å²) in [5.74, 6) is 0.697. The summed E-state index contributed by atoms with van der Waals surface area (Å²) in [7, 11) is 0. The van der Waals surface area contributed by atoms with Crippen molar-refractivity contribution in [3.63, 3.8) is 0 Å². The first-order valence-electron chi connectivity index (χ1n) is 6.81. The van der Waals surface area contributed by atoms with Gasteiger partial charge in [-0.3, -0.25) is 0 Å². The molecule has 1 aromatic rings. The Kier molecular flexibility index (Phi) is 7.21. The van der Waals surface area contributed by atoms with E-state index in [2.05, 4.69) is 6.92 Å². The second-order valence-electron chi connectivity index (χ2n) is 4.91. The highest BCUT2D eigenvalue weighted by Crippen LogP contribution is 2.26. The smallest absolute Gasteiger partial charge is 0.138 e.